The van der Waals surface area contributed by atoms with Crippen molar-refractivity contribution in [1.29, 1.82) is 0 Å². The number of rotatable bonds is 6. The van der Waals surface area contributed by atoms with Gasteiger partial charge in [-0.15, -0.1) is 0 Å². The number of esters is 1. The molecule has 0 N–H and O–H groups in total. The van der Waals surface area contributed by atoms with Crippen LogP contribution in [0.25, 0.3) is 16.6 Å². The molecule has 1 heterocycles. The van der Waals surface area contributed by atoms with Gasteiger partial charge in [0, 0.05) is 0 Å². The molecule has 0 saturated carbocycles. The zero-order valence-electron chi connectivity index (χ0n) is 16.4. The number of benzene rings is 2. The van der Waals surface area contributed by atoms with E-state index in [1.165, 1.54) is 20.5 Å². The highest BCUT2D eigenvalue weighted by Gasteiger charge is 2.17. The average Bonchev–Trinajstić information content (AvgIpc) is 2.70. The predicted octanol–water partition coefficient (Wildman–Crippen LogP) is 3.99. The van der Waals surface area contributed by atoms with Crippen LogP contribution in [0.3, 0.4) is 0 Å². The molecule has 2 aromatic carbocycles. The lowest BCUT2D eigenvalue weighted by Gasteiger charge is -2.13. The molecule has 3 aromatic rings. The molecule has 0 amide bonds. The summed E-state index contributed by atoms with van der Waals surface area (Å²) in [6.45, 7) is 4.10. The Bertz CT molecular complexity index is 1040. The third-order valence-corrected chi connectivity index (χ3v) is 4.26. The number of carbonyl (C=O) groups excluding carboxylic acids is 1. The van der Waals surface area contributed by atoms with Crippen LogP contribution >= 0.6 is 0 Å². The number of aryl methyl sites for hydroxylation is 2. The van der Waals surface area contributed by atoms with Crippen molar-refractivity contribution in [2.24, 2.45) is 0 Å². The van der Waals surface area contributed by atoms with Crippen LogP contribution in [0.1, 0.15) is 22.4 Å². The summed E-state index contributed by atoms with van der Waals surface area (Å²) in [6, 6.07) is 13.3. The topological polar surface area (TPSA) is 70.5 Å². The van der Waals surface area contributed by atoms with Crippen molar-refractivity contribution in [3.05, 3.63) is 71.1 Å². The number of aromatic nitrogens is 2. The first-order valence-corrected chi connectivity index (χ1v) is 8.81. The molecular formula is C22H22N2O4. The van der Waals surface area contributed by atoms with E-state index in [-0.39, 0.29) is 6.61 Å². The monoisotopic (exact) mass is 378 g/mol. The number of ether oxygens (including phenoxy) is 3. The van der Waals surface area contributed by atoms with Crippen molar-refractivity contribution in [2.75, 3.05) is 14.2 Å². The fourth-order valence-corrected chi connectivity index (χ4v) is 2.88. The van der Waals surface area contributed by atoms with Crippen molar-refractivity contribution in [3.8, 4) is 5.88 Å². The zero-order valence-corrected chi connectivity index (χ0v) is 16.4. The Morgan fingerprint density at radius 3 is 2.57 bits per heavy atom. The van der Waals surface area contributed by atoms with E-state index < -0.39 is 5.97 Å². The maximum atomic E-state index is 12.1. The Labute approximate surface area is 163 Å². The van der Waals surface area contributed by atoms with Crippen LogP contribution in [0.4, 0.5) is 0 Å². The lowest BCUT2D eigenvalue weighted by Crippen LogP contribution is -2.09. The number of carbonyl (C=O) groups is 1. The van der Waals surface area contributed by atoms with E-state index in [0.29, 0.717) is 22.7 Å². The molecular weight excluding hydrogens is 356 g/mol. The lowest BCUT2D eigenvalue weighted by atomic mass is 10.0. The molecule has 0 aliphatic rings. The third-order valence-electron chi connectivity index (χ3n) is 4.26. The number of hydrogen-bond donors (Lipinski definition) is 0. The second-order valence-electron chi connectivity index (χ2n) is 6.31. The molecule has 0 spiro atoms. The van der Waals surface area contributed by atoms with E-state index in [4.69, 9.17) is 14.2 Å². The second-order valence-corrected chi connectivity index (χ2v) is 6.31. The Morgan fingerprint density at radius 1 is 1.04 bits per heavy atom. The average molecular weight is 378 g/mol. The van der Waals surface area contributed by atoms with E-state index in [2.05, 4.69) is 9.97 Å². The van der Waals surface area contributed by atoms with E-state index in [0.717, 1.165) is 22.2 Å². The van der Waals surface area contributed by atoms with Crippen molar-refractivity contribution in [1.82, 2.24) is 9.97 Å². The minimum atomic E-state index is -0.480. The fourth-order valence-electron chi connectivity index (χ4n) is 2.88. The molecule has 6 nitrogen and oxygen atoms in total. The molecule has 0 fully saturated rings. The van der Waals surface area contributed by atoms with Gasteiger partial charge in [0.05, 0.1) is 31.5 Å². The molecule has 0 saturated heterocycles. The zero-order chi connectivity index (χ0) is 20.1. The normalized spacial score (nSPS) is 11.4. The van der Waals surface area contributed by atoms with Gasteiger partial charge in [-0.2, -0.15) is 0 Å². The van der Waals surface area contributed by atoms with Crippen LogP contribution in [0.15, 0.2) is 48.7 Å². The maximum absolute atomic E-state index is 12.1. The Balaban J connectivity index is 1.90. The van der Waals surface area contributed by atoms with Gasteiger partial charge in [-0.1, -0.05) is 30.3 Å². The number of methoxy groups -OCH3 is 2. The van der Waals surface area contributed by atoms with Crippen LogP contribution in [0.2, 0.25) is 0 Å². The SMILES string of the molecule is CO/C=C(/C(=O)OC)c1ccccc1COc1nc2ccc(C)cc2nc1C. The summed E-state index contributed by atoms with van der Waals surface area (Å²) in [7, 11) is 2.82. The number of fused-ring (bicyclic) bond motifs is 1. The van der Waals surface area contributed by atoms with Gasteiger partial charge >= 0.3 is 5.97 Å². The highest BCUT2D eigenvalue weighted by atomic mass is 16.5. The smallest absolute Gasteiger partial charge is 0.341 e. The van der Waals surface area contributed by atoms with Gasteiger partial charge in [-0.25, -0.2) is 14.8 Å². The van der Waals surface area contributed by atoms with Gasteiger partial charge in [-0.3, -0.25) is 0 Å². The van der Waals surface area contributed by atoms with Crippen molar-refractivity contribution in [3.63, 3.8) is 0 Å². The van der Waals surface area contributed by atoms with Crippen molar-refractivity contribution < 1.29 is 19.0 Å². The first kappa shape index (κ1) is 19.4. The summed E-state index contributed by atoms with van der Waals surface area (Å²) < 4.78 is 15.9. The maximum Gasteiger partial charge on any atom is 0.341 e. The molecule has 0 aliphatic carbocycles. The molecule has 1 aromatic heterocycles. The van der Waals surface area contributed by atoms with Gasteiger partial charge in [-0.05, 0) is 42.7 Å². The Morgan fingerprint density at radius 2 is 1.82 bits per heavy atom. The van der Waals surface area contributed by atoms with Gasteiger partial charge in [0.1, 0.15) is 17.9 Å². The Kier molecular flexibility index (Phi) is 5.89. The number of hydrogen-bond acceptors (Lipinski definition) is 6. The largest absolute Gasteiger partial charge is 0.503 e. The standard InChI is InChI=1S/C22H22N2O4/c1-14-9-10-19-20(11-14)23-15(2)21(24-19)28-12-16-7-5-6-8-17(16)18(13-26-3)22(25)27-4/h5-11,13H,12H2,1-4H3/b18-13+. The van der Waals surface area contributed by atoms with Gasteiger partial charge in [0.15, 0.2) is 0 Å². The van der Waals surface area contributed by atoms with Gasteiger partial charge in [0.25, 0.3) is 0 Å². The predicted molar refractivity (Wildman–Crippen MR) is 107 cm³/mol. The third kappa shape index (κ3) is 4.11. The summed E-state index contributed by atoms with van der Waals surface area (Å²) in [5.41, 5.74) is 5.25. The van der Waals surface area contributed by atoms with Crippen molar-refractivity contribution >= 4 is 22.6 Å². The summed E-state index contributed by atoms with van der Waals surface area (Å²) in [4.78, 5) is 21.3. The van der Waals surface area contributed by atoms with E-state index >= 15 is 0 Å². The highest BCUT2D eigenvalue weighted by Crippen LogP contribution is 2.24. The van der Waals surface area contributed by atoms with Crippen LogP contribution < -0.4 is 4.74 Å². The van der Waals surface area contributed by atoms with E-state index in [1.54, 1.807) is 0 Å². The lowest BCUT2D eigenvalue weighted by molar-refractivity contribution is -0.133. The molecule has 144 valence electrons. The number of nitrogens with zero attached hydrogens (tertiary/aromatic N) is 2. The van der Waals surface area contributed by atoms with Crippen LogP contribution in [0, 0.1) is 13.8 Å². The first-order valence-electron chi connectivity index (χ1n) is 8.81. The second kappa shape index (κ2) is 8.52. The van der Waals surface area contributed by atoms with E-state index in [1.807, 2.05) is 56.3 Å². The molecule has 0 unspecified atom stereocenters. The molecule has 3 rings (SSSR count). The summed E-state index contributed by atoms with van der Waals surface area (Å²) in [6.07, 6.45) is 1.37. The summed E-state index contributed by atoms with van der Waals surface area (Å²) >= 11 is 0. The molecule has 6 heteroatoms. The highest BCUT2D eigenvalue weighted by molar-refractivity contribution is 6.16. The molecule has 0 atom stereocenters. The van der Waals surface area contributed by atoms with Crippen molar-refractivity contribution in [2.45, 2.75) is 20.5 Å². The first-order chi connectivity index (χ1) is 13.5. The van der Waals surface area contributed by atoms with Gasteiger partial charge < -0.3 is 14.2 Å². The molecule has 28 heavy (non-hydrogen) atoms. The molecule has 0 aliphatic heterocycles. The Hall–Kier alpha value is -3.41. The van der Waals surface area contributed by atoms with Crippen LogP contribution in [-0.2, 0) is 20.9 Å². The molecule has 0 bridgehead atoms. The summed E-state index contributed by atoms with van der Waals surface area (Å²) in [5.74, 6) is -0.0205. The van der Waals surface area contributed by atoms with Crippen LogP contribution in [0.5, 0.6) is 5.88 Å². The minimum absolute atomic E-state index is 0.223. The molecule has 0 radical (unpaired) electrons. The van der Waals surface area contributed by atoms with Crippen LogP contribution in [-0.4, -0.2) is 30.2 Å². The van der Waals surface area contributed by atoms with Gasteiger partial charge in [0.2, 0.25) is 5.88 Å². The van der Waals surface area contributed by atoms with E-state index in [9.17, 15) is 4.79 Å². The summed E-state index contributed by atoms with van der Waals surface area (Å²) in [5, 5.41) is 0. The quantitative estimate of drug-likeness (QED) is 0.367. The fraction of sp³-hybridized carbons (Fsp3) is 0.227. The minimum Gasteiger partial charge on any atom is -0.503 e.